The molecule has 0 fully saturated rings. The molecule has 0 aliphatic carbocycles. The Morgan fingerprint density at radius 2 is 2.00 bits per heavy atom. The van der Waals surface area contributed by atoms with Crippen LogP contribution < -0.4 is 0 Å². The lowest BCUT2D eigenvalue weighted by Crippen LogP contribution is -2.22. The fourth-order valence-corrected chi connectivity index (χ4v) is 1.43. The van der Waals surface area contributed by atoms with Crippen LogP contribution >= 0.6 is 0 Å². The summed E-state index contributed by atoms with van der Waals surface area (Å²) in [6, 6.07) is 0. The van der Waals surface area contributed by atoms with E-state index in [1.807, 2.05) is 11.5 Å². The zero-order chi connectivity index (χ0) is 10.2. The minimum absolute atomic E-state index is 0.00914. The highest BCUT2D eigenvalue weighted by atomic mass is 16.1. The van der Waals surface area contributed by atoms with E-state index in [1.54, 1.807) is 13.3 Å². The molecule has 0 unspecified atom stereocenters. The van der Waals surface area contributed by atoms with Crippen molar-refractivity contribution in [3.63, 3.8) is 0 Å². The molecule has 0 spiro atoms. The van der Waals surface area contributed by atoms with Crippen molar-refractivity contribution >= 4 is 5.78 Å². The van der Waals surface area contributed by atoms with Crippen LogP contribution in [0.2, 0.25) is 0 Å². The number of aromatic nitrogens is 2. The van der Waals surface area contributed by atoms with Crippen LogP contribution in [0.3, 0.4) is 0 Å². The molecule has 0 aromatic carbocycles. The summed E-state index contributed by atoms with van der Waals surface area (Å²) in [4.78, 5) is 15.2. The van der Waals surface area contributed by atoms with Gasteiger partial charge in [-0.25, -0.2) is 4.98 Å². The summed E-state index contributed by atoms with van der Waals surface area (Å²) in [6.45, 7) is 9.74. The van der Waals surface area contributed by atoms with Crippen molar-refractivity contribution in [1.29, 1.82) is 0 Å². The van der Waals surface area contributed by atoms with E-state index in [0.717, 1.165) is 5.69 Å². The Hall–Kier alpha value is -1.12. The molecule has 13 heavy (non-hydrogen) atoms. The lowest BCUT2D eigenvalue weighted by molar-refractivity contribution is 0.101. The van der Waals surface area contributed by atoms with Gasteiger partial charge in [0.25, 0.3) is 0 Å². The van der Waals surface area contributed by atoms with E-state index in [1.165, 1.54) is 0 Å². The van der Waals surface area contributed by atoms with Crippen molar-refractivity contribution < 1.29 is 4.79 Å². The monoisotopic (exact) mass is 180 g/mol. The van der Waals surface area contributed by atoms with Gasteiger partial charge in [-0.05, 0) is 27.7 Å². The fourth-order valence-electron chi connectivity index (χ4n) is 1.43. The van der Waals surface area contributed by atoms with Crippen LogP contribution in [0, 0.1) is 6.92 Å². The third-order valence-corrected chi connectivity index (χ3v) is 2.06. The van der Waals surface area contributed by atoms with Gasteiger partial charge in [-0.1, -0.05) is 0 Å². The van der Waals surface area contributed by atoms with Gasteiger partial charge in [0.2, 0.25) is 0 Å². The third-order valence-electron chi connectivity index (χ3n) is 2.06. The number of carbonyl (C=O) groups is 1. The molecule has 1 aromatic rings. The van der Waals surface area contributed by atoms with Crippen LogP contribution in [0.15, 0.2) is 6.33 Å². The van der Waals surface area contributed by atoms with Crippen molar-refractivity contribution in [2.75, 3.05) is 0 Å². The Bertz CT molecular complexity index is 331. The molecule has 0 saturated carbocycles. The van der Waals surface area contributed by atoms with E-state index in [4.69, 9.17) is 0 Å². The van der Waals surface area contributed by atoms with Crippen molar-refractivity contribution in [3.05, 3.63) is 17.7 Å². The summed E-state index contributed by atoms with van der Waals surface area (Å²) in [7, 11) is 0. The van der Waals surface area contributed by atoms with Gasteiger partial charge in [0.05, 0.1) is 6.33 Å². The molecule has 0 atom stereocenters. The Morgan fingerprint density at radius 3 is 2.23 bits per heavy atom. The molecule has 3 heteroatoms. The summed E-state index contributed by atoms with van der Waals surface area (Å²) in [5.74, 6) is 0.0282. The normalized spacial score (nSPS) is 11.8. The highest BCUT2D eigenvalue weighted by Crippen LogP contribution is 2.18. The number of ketones is 1. The minimum atomic E-state index is -0.00914. The van der Waals surface area contributed by atoms with Gasteiger partial charge in [-0.2, -0.15) is 0 Å². The maximum absolute atomic E-state index is 11.1. The number of Topliss-reactive ketones (excluding diaryl/α,β-unsaturated/α-hetero) is 1. The average molecular weight is 180 g/mol. The van der Waals surface area contributed by atoms with E-state index >= 15 is 0 Å². The first-order chi connectivity index (χ1) is 5.84. The molecule has 0 aliphatic heterocycles. The highest BCUT2D eigenvalue weighted by molar-refractivity contribution is 5.93. The molecular weight excluding hydrogens is 164 g/mol. The van der Waals surface area contributed by atoms with Gasteiger partial charge < -0.3 is 4.57 Å². The second-order valence-corrected chi connectivity index (χ2v) is 4.28. The smallest absolute Gasteiger partial charge is 0.179 e. The Balaban J connectivity index is 3.22. The maximum Gasteiger partial charge on any atom is 0.179 e. The second-order valence-electron chi connectivity index (χ2n) is 4.28. The van der Waals surface area contributed by atoms with Crippen LogP contribution in [0.1, 0.15) is 43.9 Å². The van der Waals surface area contributed by atoms with Gasteiger partial charge in [0.15, 0.2) is 5.78 Å². The molecule has 1 heterocycles. The lowest BCUT2D eigenvalue weighted by atomic mass is 10.1. The Labute approximate surface area is 78.8 Å². The van der Waals surface area contributed by atoms with Gasteiger partial charge in [-0.3, -0.25) is 4.79 Å². The van der Waals surface area contributed by atoms with Gasteiger partial charge in [0.1, 0.15) is 5.69 Å². The van der Waals surface area contributed by atoms with Crippen molar-refractivity contribution in [2.45, 2.75) is 40.2 Å². The topological polar surface area (TPSA) is 34.9 Å². The third kappa shape index (κ3) is 1.79. The SMILES string of the molecule is CC(=O)c1ncn(C(C)(C)C)c1C. The van der Waals surface area contributed by atoms with Gasteiger partial charge in [0, 0.05) is 18.2 Å². The van der Waals surface area contributed by atoms with Crippen molar-refractivity contribution in [3.8, 4) is 0 Å². The summed E-state index contributed by atoms with van der Waals surface area (Å²) >= 11 is 0. The van der Waals surface area contributed by atoms with Gasteiger partial charge >= 0.3 is 0 Å². The molecular formula is C10H16N2O. The van der Waals surface area contributed by atoms with E-state index in [0.29, 0.717) is 5.69 Å². The van der Waals surface area contributed by atoms with Crippen LogP contribution in [-0.2, 0) is 5.54 Å². The number of rotatable bonds is 1. The molecule has 0 amide bonds. The lowest BCUT2D eigenvalue weighted by Gasteiger charge is -2.22. The Morgan fingerprint density at radius 1 is 1.46 bits per heavy atom. The number of carbonyl (C=O) groups excluding carboxylic acids is 1. The zero-order valence-electron chi connectivity index (χ0n) is 8.88. The first-order valence-corrected chi connectivity index (χ1v) is 4.39. The molecule has 0 bridgehead atoms. The minimum Gasteiger partial charge on any atom is -0.329 e. The second kappa shape index (κ2) is 2.98. The molecule has 72 valence electrons. The predicted octanol–water partition coefficient (Wildman–Crippen LogP) is 2.15. The van der Waals surface area contributed by atoms with Gasteiger partial charge in [-0.15, -0.1) is 0 Å². The van der Waals surface area contributed by atoms with Crippen LogP contribution in [-0.4, -0.2) is 15.3 Å². The number of nitrogens with zero attached hydrogens (tertiary/aromatic N) is 2. The zero-order valence-corrected chi connectivity index (χ0v) is 8.88. The van der Waals surface area contributed by atoms with Crippen molar-refractivity contribution in [2.24, 2.45) is 0 Å². The molecule has 1 aromatic heterocycles. The molecule has 0 radical (unpaired) electrons. The molecule has 0 aliphatic rings. The van der Waals surface area contributed by atoms with Crippen LogP contribution in [0.4, 0.5) is 0 Å². The number of hydrogen-bond donors (Lipinski definition) is 0. The fraction of sp³-hybridized carbons (Fsp3) is 0.600. The highest BCUT2D eigenvalue weighted by Gasteiger charge is 2.18. The summed E-state index contributed by atoms with van der Waals surface area (Å²) < 4.78 is 2.02. The first-order valence-electron chi connectivity index (χ1n) is 4.39. The van der Waals surface area contributed by atoms with E-state index in [-0.39, 0.29) is 11.3 Å². The van der Waals surface area contributed by atoms with E-state index < -0.39 is 0 Å². The quantitative estimate of drug-likeness (QED) is 0.621. The average Bonchev–Trinajstić information content (AvgIpc) is 2.28. The number of imidazole rings is 1. The summed E-state index contributed by atoms with van der Waals surface area (Å²) in [6.07, 6.45) is 1.73. The molecule has 0 N–H and O–H groups in total. The molecule has 3 nitrogen and oxygen atoms in total. The van der Waals surface area contributed by atoms with Crippen LogP contribution in [0.5, 0.6) is 0 Å². The molecule has 1 rings (SSSR count). The Kier molecular flexibility index (Phi) is 2.28. The van der Waals surface area contributed by atoms with E-state index in [9.17, 15) is 4.79 Å². The van der Waals surface area contributed by atoms with E-state index in [2.05, 4.69) is 25.8 Å². The standard InChI is InChI=1S/C10H16N2O/c1-7-9(8(2)13)11-6-12(7)10(3,4)5/h6H,1-5H3. The summed E-state index contributed by atoms with van der Waals surface area (Å²) in [5.41, 5.74) is 1.51. The number of hydrogen-bond acceptors (Lipinski definition) is 2. The largest absolute Gasteiger partial charge is 0.329 e. The maximum atomic E-state index is 11.1. The summed E-state index contributed by atoms with van der Waals surface area (Å²) in [5, 5.41) is 0. The predicted molar refractivity (Wildman–Crippen MR) is 52.0 cm³/mol. The van der Waals surface area contributed by atoms with Crippen LogP contribution in [0.25, 0.3) is 0 Å². The molecule has 0 saturated heterocycles. The first kappa shape index (κ1) is 9.96. The van der Waals surface area contributed by atoms with Crippen molar-refractivity contribution in [1.82, 2.24) is 9.55 Å².